The van der Waals surface area contributed by atoms with Crippen LogP contribution < -0.4 is 10.1 Å². The molecule has 9 nitrogen and oxygen atoms in total. The van der Waals surface area contributed by atoms with Crippen LogP contribution in [0.15, 0.2) is 18.2 Å². The number of nitrogens with one attached hydrogen (secondary N) is 2. The van der Waals surface area contributed by atoms with E-state index in [2.05, 4.69) is 25.2 Å². The number of benzene rings is 1. The van der Waals surface area contributed by atoms with Crippen LogP contribution in [-0.4, -0.2) is 45.4 Å². The number of nitrogens with zero attached hydrogens (tertiary/aromatic N) is 3. The predicted octanol–water partition coefficient (Wildman–Crippen LogP) is 3.97. The van der Waals surface area contributed by atoms with Crippen molar-refractivity contribution in [3.8, 4) is 17.1 Å². The lowest BCUT2D eigenvalue weighted by molar-refractivity contribution is -0.141. The highest BCUT2D eigenvalue weighted by atomic mass is 35.5. The van der Waals surface area contributed by atoms with Gasteiger partial charge in [0.25, 0.3) is 0 Å². The average Bonchev–Trinajstić information content (AvgIpc) is 3.27. The van der Waals surface area contributed by atoms with Crippen LogP contribution in [-0.2, 0) is 19.7 Å². The van der Waals surface area contributed by atoms with Crippen LogP contribution in [0.1, 0.15) is 46.2 Å². The van der Waals surface area contributed by atoms with Crippen LogP contribution >= 0.6 is 11.6 Å². The zero-order valence-corrected chi connectivity index (χ0v) is 19.0. The number of esters is 1. The molecule has 0 saturated carbocycles. The maximum atomic E-state index is 12.3. The molecule has 10 heteroatoms. The average molecular weight is 448 g/mol. The number of ether oxygens (including phenoxy) is 2. The Bertz CT molecular complexity index is 1110. The third-order valence-electron chi connectivity index (χ3n) is 4.56. The van der Waals surface area contributed by atoms with Gasteiger partial charge in [0.15, 0.2) is 11.5 Å². The van der Waals surface area contributed by atoms with E-state index in [4.69, 9.17) is 16.3 Å². The Morgan fingerprint density at radius 2 is 1.97 bits per heavy atom. The lowest BCUT2D eigenvalue weighted by Gasteiger charge is -2.14. The van der Waals surface area contributed by atoms with Crippen LogP contribution in [0.2, 0.25) is 5.02 Å². The second kappa shape index (κ2) is 8.97. The Hall–Kier alpha value is -3.07. The number of hydrogen-bond donors (Lipinski definition) is 2. The zero-order valence-electron chi connectivity index (χ0n) is 18.2. The first kappa shape index (κ1) is 22.6. The summed E-state index contributed by atoms with van der Waals surface area (Å²) in [6.45, 7) is 8.38. The van der Waals surface area contributed by atoms with Gasteiger partial charge < -0.3 is 19.8 Å². The third-order valence-corrected chi connectivity index (χ3v) is 4.92. The Morgan fingerprint density at radius 1 is 1.23 bits per heavy atom. The number of aromatic nitrogens is 4. The summed E-state index contributed by atoms with van der Waals surface area (Å²) in [5.41, 5.74) is 2.33. The van der Waals surface area contributed by atoms with Gasteiger partial charge in [-0.05, 0) is 25.1 Å². The quantitative estimate of drug-likeness (QED) is 0.530. The number of anilines is 1. The summed E-state index contributed by atoms with van der Waals surface area (Å²) in [5.74, 6) is 0.287. The van der Waals surface area contributed by atoms with E-state index in [0.717, 1.165) is 5.69 Å². The summed E-state index contributed by atoms with van der Waals surface area (Å²) in [4.78, 5) is 26.8. The summed E-state index contributed by atoms with van der Waals surface area (Å²) in [7, 11) is 1.29. The molecule has 0 unspecified atom stereocenters. The number of methoxy groups -OCH3 is 1. The number of halogens is 1. The fourth-order valence-electron chi connectivity index (χ4n) is 2.99. The molecule has 1 amide bonds. The smallest absolute Gasteiger partial charge is 0.306 e. The fourth-order valence-corrected chi connectivity index (χ4v) is 3.44. The molecule has 1 aromatic carbocycles. The van der Waals surface area contributed by atoms with Crippen molar-refractivity contribution in [1.29, 1.82) is 0 Å². The van der Waals surface area contributed by atoms with Crippen molar-refractivity contribution in [3.05, 3.63) is 28.9 Å². The van der Waals surface area contributed by atoms with E-state index >= 15 is 0 Å². The second-order valence-corrected chi connectivity index (χ2v) is 8.37. The summed E-state index contributed by atoms with van der Waals surface area (Å²) in [5, 5.41) is 12.3. The molecule has 31 heavy (non-hydrogen) atoms. The third kappa shape index (κ3) is 4.99. The predicted molar refractivity (Wildman–Crippen MR) is 118 cm³/mol. The van der Waals surface area contributed by atoms with Gasteiger partial charge in [-0.15, -0.1) is 9.73 Å². The molecule has 0 spiro atoms. The molecule has 2 N–H and O–H groups in total. The molecular weight excluding hydrogens is 422 g/mol. The molecule has 0 fully saturated rings. The van der Waals surface area contributed by atoms with Crippen molar-refractivity contribution in [2.45, 2.75) is 46.0 Å². The van der Waals surface area contributed by atoms with E-state index in [1.54, 1.807) is 12.1 Å². The Labute approximate surface area is 185 Å². The maximum Gasteiger partial charge on any atom is 0.306 e. The molecule has 0 aliphatic rings. The molecule has 0 aliphatic carbocycles. The van der Waals surface area contributed by atoms with E-state index in [1.807, 2.05) is 33.8 Å². The Kier molecular flexibility index (Phi) is 6.54. The Balaban J connectivity index is 1.90. The molecule has 0 aliphatic heterocycles. The minimum absolute atomic E-state index is 0.00221. The number of carbonyl (C=O) groups is 2. The first-order valence-electron chi connectivity index (χ1n) is 9.93. The monoisotopic (exact) mass is 447 g/mol. The summed E-state index contributed by atoms with van der Waals surface area (Å²) >= 11 is 6.51. The van der Waals surface area contributed by atoms with E-state index in [1.165, 1.54) is 11.7 Å². The second-order valence-electron chi connectivity index (χ2n) is 7.99. The fraction of sp³-hybridized carbons (Fsp3) is 0.429. The van der Waals surface area contributed by atoms with E-state index < -0.39 is 5.97 Å². The van der Waals surface area contributed by atoms with Crippen LogP contribution in [0.25, 0.3) is 17.0 Å². The molecule has 3 rings (SSSR count). The van der Waals surface area contributed by atoms with Crippen molar-refractivity contribution in [1.82, 2.24) is 19.8 Å². The number of aromatic amines is 1. The van der Waals surface area contributed by atoms with Gasteiger partial charge in [0.1, 0.15) is 10.8 Å². The molecule has 2 heterocycles. The molecule has 0 atom stereocenters. The number of hydrogen-bond acceptors (Lipinski definition) is 6. The minimum atomic E-state index is -0.445. The SMILES string of the molecule is CCOc1ccc(-c2nn3nc(C(C)(C)C)c(Cl)c3[nH]2)cc1NC(=O)CCC(=O)OC. The van der Waals surface area contributed by atoms with Crippen molar-refractivity contribution >= 4 is 34.8 Å². The normalized spacial score (nSPS) is 11.5. The number of fused-ring (bicyclic) bond motifs is 1. The Morgan fingerprint density at radius 3 is 2.58 bits per heavy atom. The number of carbonyl (C=O) groups excluding carboxylic acids is 2. The molecule has 0 bridgehead atoms. The van der Waals surface area contributed by atoms with Gasteiger partial charge in [-0.2, -0.15) is 5.10 Å². The highest BCUT2D eigenvalue weighted by Crippen LogP contribution is 2.33. The van der Waals surface area contributed by atoms with Crippen LogP contribution in [0.4, 0.5) is 5.69 Å². The molecule has 0 saturated heterocycles. The molecule has 0 radical (unpaired) electrons. The summed E-state index contributed by atoms with van der Waals surface area (Å²) in [6, 6.07) is 5.33. The standard InChI is InChI=1S/C21H26ClN5O4/c1-6-31-14-8-7-12(11-13(14)23-15(28)9-10-16(29)30-5)19-24-20-17(22)18(21(2,3)4)25-27(20)26-19/h7-8,11H,6,9-10H2,1-5H3,(H,23,28)(H,24,26). The van der Waals surface area contributed by atoms with Gasteiger partial charge in [-0.1, -0.05) is 32.4 Å². The topological polar surface area (TPSA) is 111 Å². The summed E-state index contributed by atoms with van der Waals surface area (Å²) < 4.78 is 11.7. The highest BCUT2D eigenvalue weighted by molar-refractivity contribution is 6.34. The van der Waals surface area contributed by atoms with Crippen molar-refractivity contribution < 1.29 is 19.1 Å². The van der Waals surface area contributed by atoms with Crippen LogP contribution in [0.5, 0.6) is 5.75 Å². The van der Waals surface area contributed by atoms with Crippen LogP contribution in [0.3, 0.4) is 0 Å². The summed E-state index contributed by atoms with van der Waals surface area (Å²) in [6.07, 6.45) is -0.00177. The first-order chi connectivity index (χ1) is 14.6. The minimum Gasteiger partial charge on any atom is -0.492 e. The van der Waals surface area contributed by atoms with Crippen molar-refractivity contribution in [3.63, 3.8) is 0 Å². The van der Waals surface area contributed by atoms with Gasteiger partial charge in [0, 0.05) is 17.4 Å². The number of rotatable bonds is 7. The zero-order chi connectivity index (χ0) is 22.8. The maximum absolute atomic E-state index is 12.3. The van der Waals surface area contributed by atoms with Gasteiger partial charge >= 0.3 is 5.97 Å². The number of H-pyrrole nitrogens is 1. The van der Waals surface area contributed by atoms with Gasteiger partial charge in [0.2, 0.25) is 5.91 Å². The van der Waals surface area contributed by atoms with Gasteiger partial charge in [0.05, 0.1) is 31.5 Å². The molecular formula is C21H26ClN5O4. The van der Waals surface area contributed by atoms with Crippen LogP contribution in [0, 0.1) is 0 Å². The van der Waals surface area contributed by atoms with Crippen molar-refractivity contribution in [2.24, 2.45) is 0 Å². The molecule has 2 aromatic heterocycles. The lowest BCUT2D eigenvalue weighted by atomic mass is 9.92. The van der Waals surface area contributed by atoms with E-state index in [9.17, 15) is 9.59 Å². The van der Waals surface area contributed by atoms with E-state index in [0.29, 0.717) is 40.1 Å². The van der Waals surface area contributed by atoms with Gasteiger partial charge in [-0.3, -0.25) is 9.59 Å². The highest BCUT2D eigenvalue weighted by Gasteiger charge is 2.25. The molecule has 166 valence electrons. The largest absolute Gasteiger partial charge is 0.492 e. The van der Waals surface area contributed by atoms with Crippen molar-refractivity contribution in [2.75, 3.05) is 19.0 Å². The number of amides is 1. The lowest BCUT2D eigenvalue weighted by Crippen LogP contribution is -2.15. The van der Waals surface area contributed by atoms with E-state index in [-0.39, 0.29) is 24.2 Å². The first-order valence-corrected chi connectivity index (χ1v) is 10.3. The van der Waals surface area contributed by atoms with Gasteiger partial charge in [-0.25, -0.2) is 0 Å². The molecule has 3 aromatic rings.